The van der Waals surface area contributed by atoms with E-state index in [4.69, 9.17) is 5.11 Å². The molecule has 4 heteroatoms. The van der Waals surface area contributed by atoms with E-state index in [0.29, 0.717) is 6.54 Å². The highest BCUT2D eigenvalue weighted by atomic mass is 16.2. The summed E-state index contributed by atoms with van der Waals surface area (Å²) in [6.07, 6.45) is 4.38. The van der Waals surface area contributed by atoms with Crippen molar-refractivity contribution in [1.82, 2.24) is 10.6 Å². The minimum Gasteiger partial charge on any atom is -0.396 e. The lowest BCUT2D eigenvalue weighted by molar-refractivity contribution is -0.127. The number of aliphatic hydroxyl groups is 1. The number of nitrogens with one attached hydrogen (secondary N) is 2. The van der Waals surface area contributed by atoms with E-state index in [0.717, 1.165) is 50.8 Å². The van der Waals surface area contributed by atoms with E-state index in [1.54, 1.807) is 0 Å². The van der Waals surface area contributed by atoms with Crippen molar-refractivity contribution in [3.8, 4) is 0 Å². The monoisotopic (exact) mass is 290 g/mol. The van der Waals surface area contributed by atoms with Gasteiger partial charge in [0.15, 0.2) is 0 Å². The summed E-state index contributed by atoms with van der Waals surface area (Å²) in [5.41, 5.74) is 0.739. The fourth-order valence-corrected chi connectivity index (χ4v) is 3.04. The molecular weight excluding hydrogens is 264 g/mol. The predicted octanol–water partition coefficient (Wildman–Crippen LogP) is 1.59. The molecular formula is C17H26N2O2. The van der Waals surface area contributed by atoms with Crippen LogP contribution in [0.25, 0.3) is 0 Å². The number of hydrogen-bond donors (Lipinski definition) is 3. The second-order valence-electron chi connectivity index (χ2n) is 5.74. The van der Waals surface area contributed by atoms with E-state index in [1.807, 2.05) is 18.2 Å². The normalized spacial score (nSPS) is 17.4. The molecule has 1 aliphatic heterocycles. The summed E-state index contributed by atoms with van der Waals surface area (Å²) in [4.78, 5) is 12.8. The molecule has 0 radical (unpaired) electrons. The van der Waals surface area contributed by atoms with Crippen LogP contribution in [0.15, 0.2) is 30.3 Å². The number of rotatable bonds is 7. The highest BCUT2D eigenvalue weighted by Gasteiger charge is 2.40. The molecule has 2 rings (SSSR count). The minimum atomic E-state index is -0.385. The second-order valence-corrected chi connectivity index (χ2v) is 5.74. The molecule has 1 heterocycles. The lowest BCUT2D eigenvalue weighted by Crippen LogP contribution is -2.50. The van der Waals surface area contributed by atoms with Crippen LogP contribution < -0.4 is 10.6 Å². The third-order valence-corrected chi connectivity index (χ3v) is 4.34. The number of aliphatic hydroxyl groups excluding tert-OH is 1. The van der Waals surface area contributed by atoms with Gasteiger partial charge in [-0.15, -0.1) is 0 Å². The summed E-state index contributed by atoms with van der Waals surface area (Å²) in [7, 11) is 0. The van der Waals surface area contributed by atoms with Gasteiger partial charge in [0.25, 0.3) is 0 Å². The van der Waals surface area contributed by atoms with Gasteiger partial charge in [0.05, 0.1) is 5.41 Å². The molecule has 3 N–H and O–H groups in total. The van der Waals surface area contributed by atoms with Crippen molar-refractivity contribution in [2.75, 3.05) is 26.2 Å². The van der Waals surface area contributed by atoms with Crippen LogP contribution in [0.5, 0.6) is 0 Å². The van der Waals surface area contributed by atoms with E-state index in [1.165, 1.54) is 0 Å². The van der Waals surface area contributed by atoms with E-state index >= 15 is 0 Å². The first-order valence-corrected chi connectivity index (χ1v) is 7.95. The quantitative estimate of drug-likeness (QED) is 0.668. The van der Waals surface area contributed by atoms with Crippen molar-refractivity contribution in [1.29, 1.82) is 0 Å². The molecule has 21 heavy (non-hydrogen) atoms. The van der Waals surface area contributed by atoms with E-state index in [2.05, 4.69) is 22.8 Å². The molecule has 4 nitrogen and oxygen atoms in total. The Morgan fingerprint density at radius 2 is 1.86 bits per heavy atom. The molecule has 1 aromatic carbocycles. The Bertz CT molecular complexity index is 428. The Labute approximate surface area is 126 Å². The van der Waals surface area contributed by atoms with Gasteiger partial charge in [-0.3, -0.25) is 4.79 Å². The lowest BCUT2D eigenvalue weighted by atomic mass is 9.72. The van der Waals surface area contributed by atoms with Crippen LogP contribution >= 0.6 is 0 Å². The third-order valence-electron chi connectivity index (χ3n) is 4.34. The van der Waals surface area contributed by atoms with Gasteiger partial charge in [0.2, 0.25) is 5.91 Å². The molecule has 0 aromatic heterocycles. The Balaban J connectivity index is 2.01. The summed E-state index contributed by atoms with van der Waals surface area (Å²) >= 11 is 0. The van der Waals surface area contributed by atoms with Crippen LogP contribution in [0.2, 0.25) is 0 Å². The van der Waals surface area contributed by atoms with E-state index in [9.17, 15) is 4.79 Å². The van der Waals surface area contributed by atoms with Crippen LogP contribution in [0.3, 0.4) is 0 Å². The van der Waals surface area contributed by atoms with Crippen molar-refractivity contribution in [2.24, 2.45) is 0 Å². The maximum absolute atomic E-state index is 12.8. The first-order chi connectivity index (χ1) is 10.3. The summed E-state index contributed by atoms with van der Waals surface area (Å²) in [6, 6.07) is 10.1. The van der Waals surface area contributed by atoms with Crippen LogP contribution in [-0.4, -0.2) is 37.3 Å². The van der Waals surface area contributed by atoms with Crippen molar-refractivity contribution in [3.05, 3.63) is 35.9 Å². The van der Waals surface area contributed by atoms with Crippen molar-refractivity contribution >= 4 is 5.91 Å². The topological polar surface area (TPSA) is 61.4 Å². The average Bonchev–Trinajstić information content (AvgIpc) is 2.56. The van der Waals surface area contributed by atoms with Crippen LogP contribution in [0.1, 0.15) is 37.7 Å². The van der Waals surface area contributed by atoms with Crippen molar-refractivity contribution in [2.45, 2.75) is 37.5 Å². The highest BCUT2D eigenvalue weighted by molar-refractivity contribution is 5.88. The van der Waals surface area contributed by atoms with Gasteiger partial charge in [-0.05, 0) is 50.8 Å². The molecule has 1 saturated heterocycles. The zero-order valence-corrected chi connectivity index (χ0v) is 12.6. The van der Waals surface area contributed by atoms with Gasteiger partial charge in [0, 0.05) is 13.2 Å². The predicted molar refractivity (Wildman–Crippen MR) is 84.2 cm³/mol. The van der Waals surface area contributed by atoms with E-state index in [-0.39, 0.29) is 17.9 Å². The van der Waals surface area contributed by atoms with Gasteiger partial charge in [-0.2, -0.15) is 0 Å². The van der Waals surface area contributed by atoms with Crippen molar-refractivity contribution in [3.63, 3.8) is 0 Å². The Morgan fingerprint density at radius 3 is 2.52 bits per heavy atom. The summed E-state index contributed by atoms with van der Waals surface area (Å²) in [5, 5.41) is 15.2. The van der Waals surface area contributed by atoms with Gasteiger partial charge in [-0.1, -0.05) is 30.3 Å². The number of benzene rings is 1. The molecule has 0 atom stereocenters. The van der Waals surface area contributed by atoms with Gasteiger partial charge < -0.3 is 15.7 Å². The number of amides is 1. The smallest absolute Gasteiger partial charge is 0.230 e. The van der Waals surface area contributed by atoms with Gasteiger partial charge >= 0.3 is 0 Å². The second kappa shape index (κ2) is 8.15. The Hall–Kier alpha value is -1.39. The zero-order valence-electron chi connectivity index (χ0n) is 12.6. The van der Waals surface area contributed by atoms with Gasteiger partial charge in [-0.25, -0.2) is 0 Å². The summed E-state index contributed by atoms with van der Waals surface area (Å²) in [5.74, 6) is 0.152. The van der Waals surface area contributed by atoms with Crippen LogP contribution in [0, 0.1) is 0 Å². The molecule has 0 bridgehead atoms. The highest BCUT2D eigenvalue weighted by Crippen LogP contribution is 2.33. The first-order valence-electron chi connectivity index (χ1n) is 7.95. The molecule has 0 spiro atoms. The molecule has 1 aliphatic rings. The fraction of sp³-hybridized carbons (Fsp3) is 0.588. The molecule has 116 valence electrons. The Morgan fingerprint density at radius 1 is 1.14 bits per heavy atom. The third kappa shape index (κ3) is 4.05. The van der Waals surface area contributed by atoms with Crippen LogP contribution in [0.4, 0.5) is 0 Å². The summed E-state index contributed by atoms with van der Waals surface area (Å²) < 4.78 is 0. The number of hydrogen-bond acceptors (Lipinski definition) is 3. The van der Waals surface area contributed by atoms with Gasteiger partial charge in [0.1, 0.15) is 0 Å². The molecule has 1 amide bonds. The Kier molecular flexibility index (Phi) is 6.21. The maximum atomic E-state index is 12.8. The minimum absolute atomic E-state index is 0.152. The standard InChI is InChI=1S/C17H26N2O2/c20-14-6-2-5-11-19-16(21)17(9-12-18-13-10-17)15-7-3-1-4-8-15/h1,3-4,7-8,18,20H,2,5-6,9-14H2,(H,19,21). The molecule has 0 unspecified atom stereocenters. The lowest BCUT2D eigenvalue weighted by Gasteiger charge is -2.36. The first kappa shape index (κ1) is 16.0. The fourth-order valence-electron chi connectivity index (χ4n) is 3.04. The SMILES string of the molecule is O=C(NCCCCCO)C1(c2ccccc2)CCNCC1. The number of carbonyl (C=O) groups excluding carboxylic acids is 1. The average molecular weight is 290 g/mol. The largest absolute Gasteiger partial charge is 0.396 e. The number of carbonyl (C=O) groups is 1. The molecule has 1 aromatic rings. The summed E-state index contributed by atoms with van der Waals surface area (Å²) in [6.45, 7) is 2.69. The van der Waals surface area contributed by atoms with Crippen LogP contribution in [-0.2, 0) is 10.2 Å². The zero-order chi connectivity index (χ0) is 15.0. The van der Waals surface area contributed by atoms with E-state index < -0.39 is 0 Å². The number of unbranched alkanes of at least 4 members (excludes halogenated alkanes) is 2. The maximum Gasteiger partial charge on any atom is 0.230 e. The molecule has 1 fully saturated rings. The molecule has 0 aliphatic carbocycles. The molecule has 0 saturated carbocycles. The van der Waals surface area contributed by atoms with Crippen molar-refractivity contribution < 1.29 is 9.90 Å². The number of piperidine rings is 1.